The molecule has 0 aromatic heterocycles. The van der Waals surface area contributed by atoms with Gasteiger partial charge in [0.05, 0.1) is 11.6 Å². The summed E-state index contributed by atoms with van der Waals surface area (Å²) in [5.41, 5.74) is 9.04. The van der Waals surface area contributed by atoms with Gasteiger partial charge in [0.1, 0.15) is 5.75 Å². The van der Waals surface area contributed by atoms with Crippen LogP contribution in [-0.2, 0) is 12.8 Å². The Morgan fingerprint density at radius 3 is 3.07 bits per heavy atom. The molecule has 76 valence electrons. The summed E-state index contributed by atoms with van der Waals surface area (Å²) in [5, 5.41) is 0.860. The second-order valence-electron chi connectivity index (χ2n) is 3.61. The number of nitrogens with two attached hydrogens (primary N) is 1. The highest BCUT2D eigenvalue weighted by Gasteiger charge is 2.20. The largest absolute Gasteiger partial charge is 0.493 e. The third-order valence-electron chi connectivity index (χ3n) is 2.58. The zero-order chi connectivity index (χ0) is 10.1. The van der Waals surface area contributed by atoms with Crippen LogP contribution in [0.15, 0.2) is 6.07 Å². The first-order valence-corrected chi connectivity index (χ1v) is 5.25. The summed E-state index contributed by atoms with van der Waals surface area (Å²) in [7, 11) is 0. The molecule has 14 heavy (non-hydrogen) atoms. The van der Waals surface area contributed by atoms with Crippen molar-refractivity contribution in [1.29, 1.82) is 0 Å². The quantitative estimate of drug-likeness (QED) is 0.813. The van der Waals surface area contributed by atoms with Gasteiger partial charge in [-0.3, -0.25) is 0 Å². The molecule has 0 unspecified atom stereocenters. The van der Waals surface area contributed by atoms with Gasteiger partial charge in [0.25, 0.3) is 0 Å². The highest BCUT2D eigenvalue weighted by atomic mass is 35.5. The Morgan fingerprint density at radius 2 is 2.36 bits per heavy atom. The molecule has 0 saturated carbocycles. The van der Waals surface area contributed by atoms with Gasteiger partial charge >= 0.3 is 0 Å². The van der Waals surface area contributed by atoms with Crippen LogP contribution in [0.25, 0.3) is 0 Å². The van der Waals surface area contributed by atoms with E-state index in [-0.39, 0.29) is 0 Å². The first-order valence-electron chi connectivity index (χ1n) is 4.87. The third-order valence-corrected chi connectivity index (χ3v) is 3.11. The lowest BCUT2D eigenvalue weighted by Gasteiger charge is -2.10. The Bertz CT molecular complexity index is 363. The van der Waals surface area contributed by atoms with Crippen LogP contribution in [0.4, 0.5) is 0 Å². The van der Waals surface area contributed by atoms with Crippen molar-refractivity contribution in [1.82, 2.24) is 0 Å². The number of hydrogen-bond donors (Lipinski definition) is 1. The molecule has 2 nitrogen and oxygen atoms in total. The molecular formula is C11H14ClNO. The predicted octanol–water partition coefficient (Wildman–Crippen LogP) is 2.08. The standard InChI is InChI=1S/C11H14ClNO/c1-7-6-8(2-4-13)11-9(10(7)12)3-5-14-11/h6H,2-5,13H2,1H3. The van der Waals surface area contributed by atoms with Crippen molar-refractivity contribution in [3.63, 3.8) is 0 Å². The van der Waals surface area contributed by atoms with Gasteiger partial charge in [-0.25, -0.2) is 0 Å². The summed E-state index contributed by atoms with van der Waals surface area (Å²) in [6.07, 6.45) is 1.79. The third kappa shape index (κ3) is 1.49. The molecule has 1 aromatic rings. The van der Waals surface area contributed by atoms with Crippen LogP contribution in [0.5, 0.6) is 5.75 Å². The van der Waals surface area contributed by atoms with Crippen molar-refractivity contribution in [3.8, 4) is 5.75 Å². The average molecular weight is 212 g/mol. The molecule has 0 saturated heterocycles. The van der Waals surface area contributed by atoms with Crippen molar-refractivity contribution in [2.24, 2.45) is 5.73 Å². The number of rotatable bonds is 2. The summed E-state index contributed by atoms with van der Waals surface area (Å²) in [5.74, 6) is 0.978. The van der Waals surface area contributed by atoms with Gasteiger partial charge < -0.3 is 10.5 Å². The monoisotopic (exact) mass is 211 g/mol. The lowest BCUT2D eigenvalue weighted by Crippen LogP contribution is -2.04. The Balaban J connectivity index is 2.52. The van der Waals surface area contributed by atoms with Crippen molar-refractivity contribution < 1.29 is 4.74 Å². The molecule has 0 atom stereocenters. The maximum Gasteiger partial charge on any atom is 0.127 e. The predicted molar refractivity (Wildman–Crippen MR) is 58.1 cm³/mol. The van der Waals surface area contributed by atoms with Crippen LogP contribution in [-0.4, -0.2) is 13.2 Å². The molecule has 0 bridgehead atoms. The van der Waals surface area contributed by atoms with E-state index in [0.29, 0.717) is 6.54 Å². The highest BCUT2D eigenvalue weighted by Crippen LogP contribution is 2.37. The molecule has 0 radical (unpaired) electrons. The molecule has 0 fully saturated rings. The number of aryl methyl sites for hydroxylation is 1. The summed E-state index contributed by atoms with van der Waals surface area (Å²) < 4.78 is 5.58. The van der Waals surface area contributed by atoms with Gasteiger partial charge in [0.2, 0.25) is 0 Å². The van der Waals surface area contributed by atoms with E-state index in [4.69, 9.17) is 22.1 Å². The van der Waals surface area contributed by atoms with Gasteiger partial charge in [-0.2, -0.15) is 0 Å². The van der Waals surface area contributed by atoms with Gasteiger partial charge in [-0.05, 0) is 31.0 Å². The minimum atomic E-state index is 0.650. The molecule has 0 aliphatic carbocycles. The SMILES string of the molecule is Cc1cc(CCN)c2c(c1Cl)CCO2. The molecule has 2 rings (SSSR count). The fourth-order valence-corrected chi connectivity index (χ4v) is 2.16. The van der Waals surface area contributed by atoms with Crippen LogP contribution in [0, 0.1) is 6.92 Å². The van der Waals surface area contributed by atoms with E-state index >= 15 is 0 Å². The Hall–Kier alpha value is -0.730. The minimum Gasteiger partial charge on any atom is -0.493 e. The van der Waals surface area contributed by atoms with E-state index in [1.807, 2.05) is 6.92 Å². The molecule has 1 aliphatic rings. The van der Waals surface area contributed by atoms with Gasteiger partial charge in [0.15, 0.2) is 0 Å². The van der Waals surface area contributed by atoms with Crippen LogP contribution in [0.1, 0.15) is 16.7 Å². The van der Waals surface area contributed by atoms with E-state index in [0.717, 1.165) is 41.3 Å². The van der Waals surface area contributed by atoms with Crippen LogP contribution in [0.3, 0.4) is 0 Å². The first kappa shape index (κ1) is 9.81. The summed E-state index contributed by atoms with van der Waals surface area (Å²) >= 11 is 6.20. The fraction of sp³-hybridized carbons (Fsp3) is 0.455. The summed E-state index contributed by atoms with van der Waals surface area (Å²) in [6, 6.07) is 2.08. The van der Waals surface area contributed by atoms with Crippen LogP contribution >= 0.6 is 11.6 Å². The van der Waals surface area contributed by atoms with Crippen LogP contribution in [0.2, 0.25) is 5.02 Å². The van der Waals surface area contributed by atoms with Crippen molar-refractivity contribution in [3.05, 3.63) is 27.8 Å². The Kier molecular flexibility index (Phi) is 2.66. The molecule has 1 aliphatic heterocycles. The molecule has 0 amide bonds. The second-order valence-corrected chi connectivity index (χ2v) is 3.99. The Morgan fingerprint density at radius 1 is 1.57 bits per heavy atom. The van der Waals surface area contributed by atoms with Gasteiger partial charge in [0, 0.05) is 12.0 Å². The number of hydrogen-bond acceptors (Lipinski definition) is 2. The van der Waals surface area contributed by atoms with Crippen molar-refractivity contribution in [2.75, 3.05) is 13.2 Å². The molecule has 3 heteroatoms. The van der Waals surface area contributed by atoms with E-state index in [1.165, 1.54) is 5.56 Å². The fourth-order valence-electron chi connectivity index (χ4n) is 1.92. The highest BCUT2D eigenvalue weighted by molar-refractivity contribution is 6.32. The topological polar surface area (TPSA) is 35.2 Å². The molecule has 0 spiro atoms. The molecular weight excluding hydrogens is 198 g/mol. The molecule has 1 aromatic carbocycles. The summed E-state index contributed by atoms with van der Waals surface area (Å²) in [4.78, 5) is 0. The second kappa shape index (κ2) is 3.79. The lowest BCUT2D eigenvalue weighted by molar-refractivity contribution is 0.353. The zero-order valence-corrected chi connectivity index (χ0v) is 9.03. The maximum absolute atomic E-state index is 6.20. The maximum atomic E-state index is 6.20. The number of ether oxygens (including phenoxy) is 1. The van der Waals surface area contributed by atoms with Gasteiger partial charge in [-0.15, -0.1) is 0 Å². The Labute approximate surface area is 89.0 Å². The lowest BCUT2D eigenvalue weighted by atomic mass is 10.0. The van der Waals surface area contributed by atoms with E-state index < -0.39 is 0 Å². The smallest absolute Gasteiger partial charge is 0.127 e. The van der Waals surface area contributed by atoms with Crippen LogP contribution < -0.4 is 10.5 Å². The van der Waals surface area contributed by atoms with E-state index in [1.54, 1.807) is 0 Å². The molecule has 1 heterocycles. The first-order chi connectivity index (χ1) is 6.74. The zero-order valence-electron chi connectivity index (χ0n) is 8.27. The van der Waals surface area contributed by atoms with Crippen molar-refractivity contribution in [2.45, 2.75) is 19.8 Å². The normalized spacial score (nSPS) is 13.9. The number of fused-ring (bicyclic) bond motifs is 1. The van der Waals surface area contributed by atoms with E-state index in [2.05, 4.69) is 6.07 Å². The molecule has 2 N–H and O–H groups in total. The average Bonchev–Trinajstić information content (AvgIpc) is 2.63. The van der Waals surface area contributed by atoms with Crippen molar-refractivity contribution >= 4 is 11.6 Å². The summed E-state index contributed by atoms with van der Waals surface area (Å²) in [6.45, 7) is 3.42. The number of benzene rings is 1. The van der Waals surface area contributed by atoms with E-state index in [9.17, 15) is 0 Å². The number of halogens is 1. The van der Waals surface area contributed by atoms with Gasteiger partial charge in [-0.1, -0.05) is 17.7 Å². The minimum absolute atomic E-state index is 0.650.